The number of anilines is 1. The predicted octanol–water partition coefficient (Wildman–Crippen LogP) is -0.164. The number of aromatic nitrogens is 1. The zero-order chi connectivity index (χ0) is 14.5. The normalized spacial score (nSPS) is 12.3. The Morgan fingerprint density at radius 1 is 1.26 bits per heavy atom. The molecule has 108 valence electrons. The van der Waals surface area contributed by atoms with Crippen LogP contribution >= 0.6 is 0 Å². The van der Waals surface area contributed by atoms with Crippen molar-refractivity contribution in [2.24, 2.45) is 0 Å². The van der Waals surface area contributed by atoms with Gasteiger partial charge in [-0.25, -0.2) is 26.5 Å². The van der Waals surface area contributed by atoms with Gasteiger partial charge in [-0.3, -0.25) is 0 Å². The summed E-state index contributed by atoms with van der Waals surface area (Å²) in [6.45, 7) is 2.19. The highest BCUT2D eigenvalue weighted by atomic mass is 32.2. The molecule has 2 N–H and O–H groups in total. The lowest BCUT2D eigenvalue weighted by Gasteiger charge is -2.10. The van der Waals surface area contributed by atoms with Gasteiger partial charge in [-0.05, 0) is 19.1 Å². The van der Waals surface area contributed by atoms with Gasteiger partial charge in [-0.15, -0.1) is 0 Å². The van der Waals surface area contributed by atoms with Gasteiger partial charge >= 0.3 is 0 Å². The Bertz CT molecular complexity index is 626. The molecule has 0 unspecified atom stereocenters. The Morgan fingerprint density at radius 3 is 2.53 bits per heavy atom. The molecule has 1 heterocycles. The SMILES string of the molecule is CCNc1ncccc1S(=O)(=O)NCCS(C)(=O)=O. The summed E-state index contributed by atoms with van der Waals surface area (Å²) in [5, 5.41) is 2.84. The van der Waals surface area contributed by atoms with Gasteiger partial charge in [0.05, 0.1) is 5.75 Å². The largest absolute Gasteiger partial charge is 0.369 e. The molecule has 0 aromatic carbocycles. The molecular formula is C10H17N3O4S2. The minimum atomic E-state index is -3.78. The molecule has 19 heavy (non-hydrogen) atoms. The number of nitrogens with one attached hydrogen (secondary N) is 2. The minimum absolute atomic E-state index is 0.00495. The Hall–Kier alpha value is -1.19. The lowest BCUT2D eigenvalue weighted by Crippen LogP contribution is -2.29. The van der Waals surface area contributed by atoms with Crippen molar-refractivity contribution in [2.45, 2.75) is 11.8 Å². The lowest BCUT2D eigenvalue weighted by atomic mass is 10.4. The molecule has 9 heteroatoms. The van der Waals surface area contributed by atoms with Crippen molar-refractivity contribution in [1.82, 2.24) is 9.71 Å². The van der Waals surface area contributed by atoms with E-state index in [1.54, 1.807) is 0 Å². The second-order valence-electron chi connectivity index (χ2n) is 3.91. The molecule has 0 amide bonds. The van der Waals surface area contributed by atoms with Crippen LogP contribution in [-0.4, -0.2) is 46.9 Å². The van der Waals surface area contributed by atoms with Crippen LogP contribution in [0.1, 0.15) is 6.92 Å². The molecular weight excluding hydrogens is 290 g/mol. The highest BCUT2D eigenvalue weighted by Crippen LogP contribution is 2.17. The summed E-state index contributed by atoms with van der Waals surface area (Å²) < 4.78 is 48.2. The van der Waals surface area contributed by atoms with Gasteiger partial charge in [-0.2, -0.15) is 0 Å². The quantitative estimate of drug-likeness (QED) is 0.725. The van der Waals surface area contributed by atoms with Crippen LogP contribution in [0.4, 0.5) is 5.82 Å². The zero-order valence-electron chi connectivity index (χ0n) is 10.8. The Labute approximate surface area is 113 Å². The Morgan fingerprint density at radius 2 is 1.95 bits per heavy atom. The highest BCUT2D eigenvalue weighted by molar-refractivity contribution is 7.91. The third-order valence-electron chi connectivity index (χ3n) is 2.17. The molecule has 0 spiro atoms. The van der Waals surface area contributed by atoms with Crippen LogP contribution in [0.3, 0.4) is 0 Å². The predicted molar refractivity (Wildman–Crippen MR) is 73.3 cm³/mol. The summed E-state index contributed by atoms with van der Waals surface area (Å²) in [5.74, 6) is 0.0000963. The van der Waals surface area contributed by atoms with Crippen LogP contribution in [0.5, 0.6) is 0 Å². The van der Waals surface area contributed by atoms with E-state index in [0.717, 1.165) is 6.26 Å². The Balaban J connectivity index is 2.88. The van der Waals surface area contributed by atoms with Gasteiger partial charge in [-0.1, -0.05) is 0 Å². The van der Waals surface area contributed by atoms with Crippen LogP contribution < -0.4 is 10.0 Å². The first-order chi connectivity index (χ1) is 8.76. The summed E-state index contributed by atoms with van der Waals surface area (Å²) >= 11 is 0. The van der Waals surface area contributed by atoms with Gasteiger partial charge in [0.15, 0.2) is 0 Å². The van der Waals surface area contributed by atoms with Crippen LogP contribution in [0, 0.1) is 0 Å². The second-order valence-corrected chi connectivity index (χ2v) is 7.90. The third-order valence-corrected chi connectivity index (χ3v) is 4.61. The lowest BCUT2D eigenvalue weighted by molar-refractivity contribution is 0.582. The van der Waals surface area contributed by atoms with E-state index in [4.69, 9.17) is 0 Å². The summed E-state index contributed by atoms with van der Waals surface area (Å²) in [4.78, 5) is 3.95. The summed E-state index contributed by atoms with van der Waals surface area (Å²) in [6, 6.07) is 2.92. The van der Waals surface area contributed by atoms with E-state index in [2.05, 4.69) is 15.0 Å². The van der Waals surface area contributed by atoms with E-state index < -0.39 is 19.9 Å². The number of rotatable bonds is 7. The van der Waals surface area contributed by atoms with Gasteiger partial charge in [0.1, 0.15) is 20.6 Å². The van der Waals surface area contributed by atoms with E-state index in [1.165, 1.54) is 18.3 Å². The van der Waals surface area contributed by atoms with Crippen LogP contribution in [0.15, 0.2) is 23.2 Å². The molecule has 0 saturated heterocycles. The molecule has 0 atom stereocenters. The number of sulfonamides is 1. The number of hydrogen-bond acceptors (Lipinski definition) is 6. The summed E-state index contributed by atoms with van der Waals surface area (Å²) in [6.07, 6.45) is 2.53. The Kier molecular flexibility index (Phi) is 5.27. The number of pyridine rings is 1. The van der Waals surface area contributed by atoms with E-state index in [9.17, 15) is 16.8 Å². The maximum absolute atomic E-state index is 12.0. The fourth-order valence-corrected chi connectivity index (χ4v) is 3.11. The van der Waals surface area contributed by atoms with Crippen molar-refractivity contribution in [3.05, 3.63) is 18.3 Å². The molecule has 0 aliphatic rings. The van der Waals surface area contributed by atoms with Crippen molar-refractivity contribution in [2.75, 3.05) is 30.4 Å². The van der Waals surface area contributed by atoms with Crippen molar-refractivity contribution in [3.63, 3.8) is 0 Å². The first kappa shape index (κ1) is 15.9. The van der Waals surface area contributed by atoms with Gasteiger partial charge in [0.2, 0.25) is 10.0 Å². The van der Waals surface area contributed by atoms with Crippen LogP contribution in [0.2, 0.25) is 0 Å². The van der Waals surface area contributed by atoms with Crippen LogP contribution in [-0.2, 0) is 19.9 Å². The smallest absolute Gasteiger partial charge is 0.244 e. The van der Waals surface area contributed by atoms with Crippen molar-refractivity contribution in [3.8, 4) is 0 Å². The molecule has 7 nitrogen and oxygen atoms in total. The molecule has 1 aromatic rings. The van der Waals surface area contributed by atoms with Crippen LogP contribution in [0.25, 0.3) is 0 Å². The summed E-state index contributed by atoms with van der Waals surface area (Å²) in [5.41, 5.74) is 0. The third kappa shape index (κ3) is 5.13. The molecule has 1 rings (SSSR count). The number of hydrogen-bond donors (Lipinski definition) is 2. The van der Waals surface area contributed by atoms with E-state index in [-0.39, 0.29) is 23.0 Å². The van der Waals surface area contributed by atoms with Crippen molar-refractivity contribution >= 4 is 25.7 Å². The summed E-state index contributed by atoms with van der Waals surface area (Å²) in [7, 11) is -6.98. The first-order valence-corrected chi connectivity index (χ1v) is 9.17. The van der Waals surface area contributed by atoms with Gasteiger partial charge in [0.25, 0.3) is 0 Å². The average molecular weight is 307 g/mol. The molecule has 0 aliphatic heterocycles. The monoisotopic (exact) mass is 307 g/mol. The van der Waals surface area contributed by atoms with Gasteiger partial charge < -0.3 is 5.32 Å². The fourth-order valence-electron chi connectivity index (χ4n) is 1.35. The molecule has 0 saturated carbocycles. The minimum Gasteiger partial charge on any atom is -0.369 e. The molecule has 0 bridgehead atoms. The fraction of sp³-hybridized carbons (Fsp3) is 0.500. The maximum atomic E-state index is 12.0. The van der Waals surface area contributed by atoms with Gasteiger partial charge in [0, 0.05) is 25.5 Å². The average Bonchev–Trinajstić information content (AvgIpc) is 2.28. The molecule has 0 aliphatic carbocycles. The topological polar surface area (TPSA) is 105 Å². The second kappa shape index (κ2) is 6.31. The van der Waals surface area contributed by atoms with Crippen molar-refractivity contribution < 1.29 is 16.8 Å². The van der Waals surface area contributed by atoms with E-state index in [1.807, 2.05) is 6.92 Å². The highest BCUT2D eigenvalue weighted by Gasteiger charge is 2.19. The maximum Gasteiger partial charge on any atom is 0.244 e. The van der Waals surface area contributed by atoms with E-state index in [0.29, 0.717) is 6.54 Å². The zero-order valence-corrected chi connectivity index (χ0v) is 12.4. The number of nitrogens with zero attached hydrogens (tertiary/aromatic N) is 1. The van der Waals surface area contributed by atoms with E-state index >= 15 is 0 Å². The van der Waals surface area contributed by atoms with Crippen molar-refractivity contribution in [1.29, 1.82) is 0 Å². The molecule has 1 aromatic heterocycles. The molecule has 0 radical (unpaired) electrons. The first-order valence-electron chi connectivity index (χ1n) is 5.62. The standard InChI is InChI=1S/C10H17N3O4S2/c1-3-11-10-9(5-4-6-12-10)19(16,17)13-7-8-18(2,14)15/h4-6,13H,3,7-8H2,1-2H3,(H,11,12). The molecule has 0 fully saturated rings. The number of sulfone groups is 1.